The summed E-state index contributed by atoms with van der Waals surface area (Å²) in [5.41, 5.74) is 8.07. The third-order valence-corrected chi connectivity index (χ3v) is 2.87. The van der Waals surface area contributed by atoms with Crippen LogP contribution < -0.4 is 11.1 Å². The lowest BCUT2D eigenvalue weighted by Crippen LogP contribution is -2.19. The molecule has 0 aliphatic heterocycles. The molecule has 0 aliphatic rings. The van der Waals surface area contributed by atoms with E-state index < -0.39 is 0 Å². The minimum Gasteiger partial charge on any atom is -0.398 e. The minimum absolute atomic E-state index is 0.0636. The maximum atomic E-state index is 11.5. The number of ether oxygens (including phenoxy) is 1. The Labute approximate surface area is 110 Å². The van der Waals surface area contributed by atoms with Crippen molar-refractivity contribution in [2.24, 2.45) is 0 Å². The number of aryl methyl sites for hydroxylation is 1. The molecule has 0 aromatic heterocycles. The van der Waals surface area contributed by atoms with Crippen molar-refractivity contribution in [3.63, 3.8) is 0 Å². The Kier molecular flexibility index (Phi) is 5.44. The Bertz CT molecular complexity index is 408. The number of carbonyl (C=O) groups is 1. The molecule has 5 heteroatoms. The molecule has 4 nitrogen and oxygen atoms in total. The van der Waals surface area contributed by atoms with Gasteiger partial charge in [0.1, 0.15) is 6.61 Å². The zero-order valence-corrected chi connectivity index (χ0v) is 11.6. The third kappa shape index (κ3) is 4.36. The highest BCUT2D eigenvalue weighted by Gasteiger charge is 2.07. The number of halogens is 1. The van der Waals surface area contributed by atoms with Crippen LogP contribution in [-0.2, 0) is 9.53 Å². The first-order valence-electron chi connectivity index (χ1n) is 5.47. The summed E-state index contributed by atoms with van der Waals surface area (Å²) in [6.07, 6.45) is 0.897. The first-order chi connectivity index (χ1) is 8.04. The minimum atomic E-state index is -0.178. The molecule has 0 saturated carbocycles. The van der Waals surface area contributed by atoms with Gasteiger partial charge in [-0.05, 0) is 47.0 Å². The first kappa shape index (κ1) is 14.0. The van der Waals surface area contributed by atoms with Crippen molar-refractivity contribution in [3.05, 3.63) is 22.2 Å². The molecule has 0 spiro atoms. The summed E-state index contributed by atoms with van der Waals surface area (Å²) in [5, 5.41) is 2.75. The number of rotatable bonds is 5. The Morgan fingerprint density at radius 2 is 2.24 bits per heavy atom. The normalized spacial score (nSPS) is 10.3. The van der Waals surface area contributed by atoms with E-state index >= 15 is 0 Å². The van der Waals surface area contributed by atoms with Crippen molar-refractivity contribution in [2.75, 3.05) is 24.3 Å². The van der Waals surface area contributed by atoms with Crippen molar-refractivity contribution in [3.8, 4) is 0 Å². The molecule has 0 unspecified atom stereocenters. The number of hydrogen-bond donors (Lipinski definition) is 2. The van der Waals surface area contributed by atoms with Crippen LogP contribution in [0.15, 0.2) is 16.6 Å². The van der Waals surface area contributed by atoms with Crippen LogP contribution in [0.2, 0.25) is 0 Å². The molecule has 1 aromatic rings. The van der Waals surface area contributed by atoms with Gasteiger partial charge in [0.15, 0.2) is 0 Å². The summed E-state index contributed by atoms with van der Waals surface area (Å²) in [6, 6.07) is 3.61. The van der Waals surface area contributed by atoms with Crippen molar-refractivity contribution in [1.29, 1.82) is 0 Å². The summed E-state index contributed by atoms with van der Waals surface area (Å²) in [7, 11) is 0. The van der Waals surface area contributed by atoms with Gasteiger partial charge in [-0.2, -0.15) is 0 Å². The molecule has 17 heavy (non-hydrogen) atoms. The highest BCUT2D eigenvalue weighted by atomic mass is 79.9. The topological polar surface area (TPSA) is 64.3 Å². The smallest absolute Gasteiger partial charge is 0.250 e. The molecule has 0 fully saturated rings. The fourth-order valence-corrected chi connectivity index (χ4v) is 1.84. The number of carbonyl (C=O) groups excluding carboxylic acids is 1. The Hall–Kier alpha value is -1.07. The SMILES string of the molecule is CCCOCC(=O)Nc1cc(N)c(C)cc1Br. The molecule has 3 N–H and O–H groups in total. The lowest BCUT2D eigenvalue weighted by molar-refractivity contribution is -0.120. The predicted molar refractivity (Wildman–Crippen MR) is 73.0 cm³/mol. The van der Waals surface area contributed by atoms with Gasteiger partial charge in [0.25, 0.3) is 0 Å². The van der Waals surface area contributed by atoms with Gasteiger partial charge in [-0.1, -0.05) is 6.92 Å². The lowest BCUT2D eigenvalue weighted by atomic mass is 10.2. The highest BCUT2D eigenvalue weighted by molar-refractivity contribution is 9.10. The molecular formula is C12H17BrN2O2. The third-order valence-electron chi connectivity index (χ3n) is 2.21. The molecule has 0 bridgehead atoms. The lowest BCUT2D eigenvalue weighted by Gasteiger charge is -2.10. The van der Waals surface area contributed by atoms with Crippen LogP contribution in [0.25, 0.3) is 0 Å². The number of hydrogen-bond acceptors (Lipinski definition) is 3. The summed E-state index contributed by atoms with van der Waals surface area (Å²) in [4.78, 5) is 11.5. The van der Waals surface area contributed by atoms with E-state index in [1.54, 1.807) is 6.07 Å². The number of amides is 1. The Morgan fingerprint density at radius 1 is 1.53 bits per heavy atom. The number of nitrogens with one attached hydrogen (secondary N) is 1. The van der Waals surface area contributed by atoms with E-state index in [0.29, 0.717) is 18.0 Å². The monoisotopic (exact) mass is 300 g/mol. The van der Waals surface area contributed by atoms with Crippen LogP contribution in [0.1, 0.15) is 18.9 Å². The molecule has 0 saturated heterocycles. The largest absolute Gasteiger partial charge is 0.398 e. The summed E-state index contributed by atoms with van der Waals surface area (Å²) in [5.74, 6) is -0.178. The van der Waals surface area contributed by atoms with Crippen LogP contribution in [0.4, 0.5) is 11.4 Å². The van der Waals surface area contributed by atoms with Crippen LogP contribution in [0.5, 0.6) is 0 Å². The standard InChI is InChI=1S/C12H17BrN2O2/c1-3-4-17-7-12(16)15-11-6-10(14)8(2)5-9(11)13/h5-6H,3-4,7,14H2,1-2H3,(H,15,16). The molecular weight excluding hydrogens is 284 g/mol. The molecule has 1 amide bonds. The van der Waals surface area contributed by atoms with Gasteiger partial charge in [-0.3, -0.25) is 4.79 Å². The summed E-state index contributed by atoms with van der Waals surface area (Å²) >= 11 is 3.38. The second-order valence-electron chi connectivity index (χ2n) is 3.79. The number of anilines is 2. The van der Waals surface area contributed by atoms with E-state index in [9.17, 15) is 4.79 Å². The molecule has 0 heterocycles. The van der Waals surface area contributed by atoms with Crippen molar-refractivity contribution >= 4 is 33.2 Å². The van der Waals surface area contributed by atoms with Gasteiger partial charge >= 0.3 is 0 Å². The van der Waals surface area contributed by atoms with Crippen LogP contribution >= 0.6 is 15.9 Å². The van der Waals surface area contributed by atoms with E-state index in [2.05, 4.69) is 21.2 Å². The van der Waals surface area contributed by atoms with E-state index in [-0.39, 0.29) is 12.5 Å². The average Bonchev–Trinajstić information content (AvgIpc) is 2.26. The van der Waals surface area contributed by atoms with Gasteiger partial charge in [0.2, 0.25) is 5.91 Å². The number of nitrogen functional groups attached to an aromatic ring is 1. The molecule has 0 radical (unpaired) electrons. The van der Waals surface area contributed by atoms with Gasteiger partial charge in [-0.15, -0.1) is 0 Å². The van der Waals surface area contributed by atoms with Crippen molar-refractivity contribution in [2.45, 2.75) is 20.3 Å². The van der Waals surface area contributed by atoms with Gasteiger partial charge < -0.3 is 15.8 Å². The average molecular weight is 301 g/mol. The van der Waals surface area contributed by atoms with Crippen LogP contribution in [0.3, 0.4) is 0 Å². The molecule has 0 atom stereocenters. The fourth-order valence-electron chi connectivity index (χ4n) is 1.28. The highest BCUT2D eigenvalue weighted by Crippen LogP contribution is 2.27. The first-order valence-corrected chi connectivity index (χ1v) is 6.27. The van der Waals surface area contributed by atoms with Gasteiger partial charge in [0.05, 0.1) is 5.69 Å². The molecule has 1 aromatic carbocycles. The summed E-state index contributed by atoms with van der Waals surface area (Å²) in [6.45, 7) is 4.56. The summed E-state index contributed by atoms with van der Waals surface area (Å²) < 4.78 is 5.97. The quantitative estimate of drug-likeness (QED) is 0.649. The van der Waals surface area contributed by atoms with Crippen molar-refractivity contribution in [1.82, 2.24) is 0 Å². The number of benzene rings is 1. The van der Waals surface area contributed by atoms with E-state index in [4.69, 9.17) is 10.5 Å². The van der Waals surface area contributed by atoms with Crippen LogP contribution in [0, 0.1) is 6.92 Å². The van der Waals surface area contributed by atoms with E-state index in [0.717, 1.165) is 16.5 Å². The second kappa shape index (κ2) is 6.61. The second-order valence-corrected chi connectivity index (χ2v) is 4.64. The van der Waals surface area contributed by atoms with Gasteiger partial charge in [-0.25, -0.2) is 0 Å². The Morgan fingerprint density at radius 3 is 2.88 bits per heavy atom. The molecule has 94 valence electrons. The zero-order valence-electron chi connectivity index (χ0n) is 10.0. The number of nitrogens with two attached hydrogens (primary N) is 1. The molecule has 0 aliphatic carbocycles. The predicted octanol–water partition coefficient (Wildman–Crippen LogP) is 2.70. The van der Waals surface area contributed by atoms with Crippen LogP contribution in [-0.4, -0.2) is 19.1 Å². The Balaban J connectivity index is 2.62. The zero-order chi connectivity index (χ0) is 12.8. The maximum absolute atomic E-state index is 11.5. The molecule has 1 rings (SSSR count). The fraction of sp³-hybridized carbons (Fsp3) is 0.417. The van der Waals surface area contributed by atoms with Crippen molar-refractivity contribution < 1.29 is 9.53 Å². The maximum Gasteiger partial charge on any atom is 0.250 e. The van der Waals surface area contributed by atoms with Gasteiger partial charge in [0, 0.05) is 16.8 Å². The van der Waals surface area contributed by atoms with E-state index in [1.165, 1.54) is 0 Å². The van der Waals surface area contributed by atoms with E-state index in [1.807, 2.05) is 19.9 Å².